The van der Waals surface area contributed by atoms with Gasteiger partial charge in [0.25, 0.3) is 0 Å². The fourth-order valence-corrected chi connectivity index (χ4v) is 3.33. The van der Waals surface area contributed by atoms with E-state index >= 15 is 0 Å². The summed E-state index contributed by atoms with van der Waals surface area (Å²) in [5.74, 6) is 1.46. The average Bonchev–Trinajstić information content (AvgIpc) is 2.46. The Balaban J connectivity index is 1.80. The smallest absolute Gasteiger partial charge is 0.309 e. The fourth-order valence-electron chi connectivity index (χ4n) is 3.33. The molecule has 5 heteroatoms. The summed E-state index contributed by atoms with van der Waals surface area (Å²) < 4.78 is 5.49. The van der Waals surface area contributed by atoms with Crippen LogP contribution in [0.5, 0.6) is 0 Å². The molecule has 1 aliphatic heterocycles. The van der Waals surface area contributed by atoms with Crippen molar-refractivity contribution in [2.24, 2.45) is 22.6 Å². The van der Waals surface area contributed by atoms with E-state index in [4.69, 9.17) is 15.5 Å². The zero-order valence-electron chi connectivity index (χ0n) is 15.2. The van der Waals surface area contributed by atoms with Crippen molar-refractivity contribution in [1.29, 1.82) is 0 Å². The van der Waals surface area contributed by atoms with E-state index < -0.39 is 5.60 Å². The van der Waals surface area contributed by atoms with Crippen LogP contribution in [0.1, 0.15) is 66.2 Å². The highest BCUT2D eigenvalue weighted by Gasteiger charge is 2.30. The molecule has 2 rings (SSSR count). The second-order valence-corrected chi connectivity index (χ2v) is 8.20. The Morgan fingerprint density at radius 3 is 2.17 bits per heavy atom. The van der Waals surface area contributed by atoms with Crippen LogP contribution < -0.4 is 5.73 Å². The lowest BCUT2D eigenvalue weighted by atomic mass is 9.86. The van der Waals surface area contributed by atoms with Crippen molar-refractivity contribution in [3.8, 4) is 0 Å². The Morgan fingerprint density at radius 1 is 1.09 bits per heavy atom. The van der Waals surface area contributed by atoms with Gasteiger partial charge in [0.15, 0.2) is 5.96 Å². The summed E-state index contributed by atoms with van der Waals surface area (Å²) in [6.07, 6.45) is 5.95. The van der Waals surface area contributed by atoms with E-state index in [2.05, 4.69) is 11.8 Å². The predicted molar refractivity (Wildman–Crippen MR) is 93.2 cm³/mol. The van der Waals surface area contributed by atoms with Crippen LogP contribution >= 0.6 is 0 Å². The van der Waals surface area contributed by atoms with Crippen molar-refractivity contribution in [1.82, 2.24) is 4.90 Å². The summed E-state index contributed by atoms with van der Waals surface area (Å²) in [7, 11) is 0. The van der Waals surface area contributed by atoms with Crippen LogP contribution in [-0.2, 0) is 9.53 Å². The van der Waals surface area contributed by atoms with Gasteiger partial charge < -0.3 is 15.4 Å². The number of nitrogens with two attached hydrogens (primary N) is 1. The van der Waals surface area contributed by atoms with Crippen LogP contribution in [0.2, 0.25) is 0 Å². The monoisotopic (exact) mass is 323 g/mol. The maximum absolute atomic E-state index is 12.1. The van der Waals surface area contributed by atoms with E-state index in [9.17, 15) is 4.79 Å². The molecule has 1 aliphatic carbocycles. The van der Waals surface area contributed by atoms with E-state index in [-0.39, 0.29) is 17.9 Å². The van der Waals surface area contributed by atoms with Gasteiger partial charge in [-0.3, -0.25) is 4.79 Å². The van der Waals surface area contributed by atoms with E-state index in [1.807, 2.05) is 20.8 Å². The lowest BCUT2D eigenvalue weighted by Crippen LogP contribution is -2.43. The molecule has 1 heterocycles. The number of hydrogen-bond acceptors (Lipinski definition) is 3. The van der Waals surface area contributed by atoms with Gasteiger partial charge in [0.1, 0.15) is 5.60 Å². The van der Waals surface area contributed by atoms with Crippen LogP contribution in [-0.4, -0.2) is 41.6 Å². The zero-order chi connectivity index (χ0) is 17.0. The number of guanidine groups is 1. The number of hydrogen-bond donors (Lipinski definition) is 1. The van der Waals surface area contributed by atoms with Crippen molar-refractivity contribution in [2.75, 3.05) is 13.1 Å². The molecular formula is C18H33N3O2. The third kappa shape index (κ3) is 5.70. The molecular weight excluding hydrogens is 290 g/mol. The number of ether oxygens (including phenoxy) is 1. The normalized spacial score (nSPS) is 27.8. The van der Waals surface area contributed by atoms with Crippen LogP contribution in [0.15, 0.2) is 4.99 Å². The zero-order valence-corrected chi connectivity index (χ0v) is 15.2. The van der Waals surface area contributed by atoms with E-state index in [0.717, 1.165) is 44.7 Å². The van der Waals surface area contributed by atoms with Gasteiger partial charge in [-0.05, 0) is 65.2 Å². The van der Waals surface area contributed by atoms with Crippen molar-refractivity contribution < 1.29 is 9.53 Å². The molecule has 0 aromatic carbocycles. The topological polar surface area (TPSA) is 67.9 Å². The molecule has 1 saturated carbocycles. The molecule has 0 atom stereocenters. The molecule has 0 unspecified atom stereocenters. The highest BCUT2D eigenvalue weighted by molar-refractivity contribution is 5.78. The molecule has 5 nitrogen and oxygen atoms in total. The van der Waals surface area contributed by atoms with Gasteiger partial charge in [0.2, 0.25) is 0 Å². The van der Waals surface area contributed by atoms with Gasteiger partial charge in [-0.25, -0.2) is 4.99 Å². The lowest BCUT2D eigenvalue weighted by molar-refractivity contribution is -0.161. The van der Waals surface area contributed by atoms with E-state index in [1.54, 1.807) is 0 Å². The first kappa shape index (κ1) is 18.1. The first-order chi connectivity index (χ1) is 10.7. The molecule has 0 spiro atoms. The molecule has 23 heavy (non-hydrogen) atoms. The second-order valence-electron chi connectivity index (χ2n) is 8.20. The van der Waals surface area contributed by atoms with Gasteiger partial charge in [-0.1, -0.05) is 6.92 Å². The molecule has 2 fully saturated rings. The van der Waals surface area contributed by atoms with Crippen LogP contribution in [0.3, 0.4) is 0 Å². The summed E-state index contributed by atoms with van der Waals surface area (Å²) in [6, 6.07) is 0.257. The first-order valence-electron chi connectivity index (χ1n) is 9.05. The largest absolute Gasteiger partial charge is 0.460 e. The minimum atomic E-state index is -0.401. The average molecular weight is 323 g/mol. The number of carbonyl (C=O) groups excluding carboxylic acids is 1. The Labute approximate surface area is 140 Å². The van der Waals surface area contributed by atoms with E-state index in [1.165, 1.54) is 12.8 Å². The summed E-state index contributed by atoms with van der Waals surface area (Å²) >= 11 is 0. The number of nitrogens with zero attached hydrogens (tertiary/aromatic N) is 2. The molecule has 2 aliphatic rings. The second kappa shape index (κ2) is 7.54. The number of carbonyl (C=O) groups is 1. The Hall–Kier alpha value is -1.26. The SMILES string of the molecule is CC1CCN(C(N)=NC2CCC(C(=O)OC(C)(C)C)CC2)CC1. The van der Waals surface area contributed by atoms with Crippen LogP contribution in [0.4, 0.5) is 0 Å². The maximum Gasteiger partial charge on any atom is 0.309 e. The molecule has 0 aromatic rings. The number of esters is 1. The minimum absolute atomic E-state index is 0.0257. The molecule has 0 bridgehead atoms. The minimum Gasteiger partial charge on any atom is -0.460 e. The number of aliphatic imine (C=N–C) groups is 1. The van der Waals surface area contributed by atoms with Crippen LogP contribution in [0, 0.1) is 11.8 Å². The number of rotatable bonds is 2. The van der Waals surface area contributed by atoms with Gasteiger partial charge in [0.05, 0.1) is 12.0 Å². The van der Waals surface area contributed by atoms with Gasteiger partial charge in [-0.2, -0.15) is 0 Å². The quantitative estimate of drug-likeness (QED) is 0.482. The summed E-state index contributed by atoms with van der Waals surface area (Å²) in [5, 5.41) is 0. The first-order valence-corrected chi connectivity index (χ1v) is 9.05. The fraction of sp³-hybridized carbons (Fsp3) is 0.889. The standard InChI is InChI=1S/C18H33N3O2/c1-13-9-11-21(12-10-13)17(19)20-15-7-5-14(6-8-15)16(22)23-18(2,3)4/h13-15H,5-12H2,1-4H3,(H2,19,20). The van der Waals surface area contributed by atoms with Crippen molar-refractivity contribution in [3.05, 3.63) is 0 Å². The molecule has 132 valence electrons. The Kier molecular flexibility index (Phi) is 5.93. The van der Waals surface area contributed by atoms with Crippen molar-refractivity contribution in [2.45, 2.75) is 77.9 Å². The molecule has 2 N–H and O–H groups in total. The molecule has 0 amide bonds. The Morgan fingerprint density at radius 2 is 1.65 bits per heavy atom. The van der Waals surface area contributed by atoms with Gasteiger partial charge in [-0.15, -0.1) is 0 Å². The third-order valence-electron chi connectivity index (χ3n) is 4.86. The van der Waals surface area contributed by atoms with Crippen LogP contribution in [0.25, 0.3) is 0 Å². The van der Waals surface area contributed by atoms with Gasteiger partial charge in [0, 0.05) is 13.1 Å². The third-order valence-corrected chi connectivity index (χ3v) is 4.86. The summed E-state index contributed by atoms with van der Waals surface area (Å²) in [6.45, 7) is 10.1. The predicted octanol–water partition coefficient (Wildman–Crippen LogP) is 2.93. The maximum atomic E-state index is 12.1. The van der Waals surface area contributed by atoms with Crippen molar-refractivity contribution >= 4 is 11.9 Å². The summed E-state index contributed by atoms with van der Waals surface area (Å²) in [4.78, 5) is 19.1. The van der Waals surface area contributed by atoms with Gasteiger partial charge >= 0.3 is 5.97 Å². The summed E-state index contributed by atoms with van der Waals surface area (Å²) in [5.41, 5.74) is 5.79. The molecule has 1 saturated heterocycles. The van der Waals surface area contributed by atoms with E-state index in [0.29, 0.717) is 5.96 Å². The highest BCUT2D eigenvalue weighted by Crippen LogP contribution is 2.29. The molecule has 0 aromatic heterocycles. The highest BCUT2D eigenvalue weighted by atomic mass is 16.6. The molecule has 0 radical (unpaired) electrons. The lowest BCUT2D eigenvalue weighted by Gasteiger charge is -2.32. The number of piperidine rings is 1. The number of likely N-dealkylation sites (tertiary alicyclic amines) is 1. The Bertz CT molecular complexity index is 426. The van der Waals surface area contributed by atoms with Crippen molar-refractivity contribution in [3.63, 3.8) is 0 Å².